The predicted octanol–water partition coefficient (Wildman–Crippen LogP) is 3.00. The summed E-state index contributed by atoms with van der Waals surface area (Å²) < 4.78 is 7.51. The molecule has 24 heavy (non-hydrogen) atoms. The molecule has 0 aliphatic carbocycles. The van der Waals surface area contributed by atoms with Gasteiger partial charge in [-0.05, 0) is 25.8 Å². The van der Waals surface area contributed by atoms with Crippen molar-refractivity contribution >= 4 is 5.82 Å². The van der Waals surface area contributed by atoms with Crippen LogP contribution in [0.15, 0.2) is 36.4 Å². The van der Waals surface area contributed by atoms with E-state index in [0.29, 0.717) is 24.3 Å². The molecule has 0 aliphatic rings. The minimum atomic E-state index is 0.429. The summed E-state index contributed by atoms with van der Waals surface area (Å²) in [5.41, 5.74) is 9.77. The van der Waals surface area contributed by atoms with E-state index in [9.17, 15) is 0 Å². The third-order valence-corrected chi connectivity index (χ3v) is 3.78. The van der Waals surface area contributed by atoms with Crippen molar-refractivity contribution in [1.29, 1.82) is 0 Å². The molecule has 124 valence electrons. The lowest BCUT2D eigenvalue weighted by Gasteiger charge is -2.13. The zero-order chi connectivity index (χ0) is 17.1. The number of ether oxygens (including phenoxy) is 1. The van der Waals surface area contributed by atoms with Gasteiger partial charge in [0, 0.05) is 17.3 Å². The molecule has 2 heterocycles. The first-order valence-corrected chi connectivity index (χ1v) is 7.95. The molecule has 6 nitrogen and oxygen atoms in total. The number of hydrogen-bond acceptors (Lipinski definition) is 5. The maximum Gasteiger partial charge on any atom is 0.256 e. The Morgan fingerprint density at radius 2 is 1.88 bits per heavy atom. The van der Waals surface area contributed by atoms with Gasteiger partial charge >= 0.3 is 0 Å². The van der Waals surface area contributed by atoms with E-state index in [1.54, 1.807) is 6.07 Å². The molecule has 0 bridgehead atoms. The lowest BCUT2D eigenvalue weighted by molar-refractivity contribution is 0.289. The highest BCUT2D eigenvalue weighted by Gasteiger charge is 2.15. The molecule has 0 aliphatic heterocycles. The van der Waals surface area contributed by atoms with Gasteiger partial charge in [-0.15, -0.1) is 0 Å². The molecule has 3 aromatic rings. The Labute approximate surface area is 141 Å². The smallest absolute Gasteiger partial charge is 0.256 e. The van der Waals surface area contributed by atoms with Gasteiger partial charge < -0.3 is 10.5 Å². The number of nitrogens with two attached hydrogens (primary N) is 1. The predicted molar refractivity (Wildman–Crippen MR) is 93.2 cm³/mol. The molecule has 0 fully saturated rings. The minimum absolute atomic E-state index is 0.429. The van der Waals surface area contributed by atoms with Crippen LogP contribution < -0.4 is 10.5 Å². The Kier molecular flexibility index (Phi) is 4.46. The average Bonchev–Trinajstić information content (AvgIpc) is 2.92. The monoisotopic (exact) mass is 323 g/mol. The Balaban J connectivity index is 1.96. The number of benzene rings is 1. The largest absolute Gasteiger partial charge is 0.472 e. The Bertz CT molecular complexity index is 842. The van der Waals surface area contributed by atoms with E-state index in [-0.39, 0.29) is 0 Å². The molecule has 0 amide bonds. The zero-order valence-electron chi connectivity index (χ0n) is 14.2. The number of anilines is 1. The van der Waals surface area contributed by atoms with Crippen molar-refractivity contribution in [1.82, 2.24) is 19.7 Å². The summed E-state index contributed by atoms with van der Waals surface area (Å²) in [5, 5.41) is 4.35. The van der Waals surface area contributed by atoms with Crippen LogP contribution in [0.1, 0.15) is 29.4 Å². The van der Waals surface area contributed by atoms with E-state index < -0.39 is 0 Å². The van der Waals surface area contributed by atoms with Crippen molar-refractivity contribution in [3.8, 4) is 11.8 Å². The van der Waals surface area contributed by atoms with Gasteiger partial charge in [-0.3, -0.25) is 0 Å². The van der Waals surface area contributed by atoms with E-state index in [4.69, 9.17) is 10.5 Å². The maximum absolute atomic E-state index is 5.99. The number of nitrogen functional groups attached to an aromatic ring is 1. The topological polar surface area (TPSA) is 78.9 Å². The molecule has 0 spiro atoms. The van der Waals surface area contributed by atoms with Gasteiger partial charge in [-0.25, -0.2) is 4.98 Å². The highest BCUT2D eigenvalue weighted by Crippen LogP contribution is 2.23. The summed E-state index contributed by atoms with van der Waals surface area (Å²) >= 11 is 0. The molecule has 0 saturated heterocycles. The third kappa shape index (κ3) is 3.22. The van der Waals surface area contributed by atoms with Gasteiger partial charge in [0.05, 0.1) is 5.69 Å². The van der Waals surface area contributed by atoms with Crippen LogP contribution in [-0.2, 0) is 13.0 Å². The zero-order valence-corrected chi connectivity index (χ0v) is 14.2. The molecule has 0 unspecified atom stereocenters. The molecule has 2 N–H and O–H groups in total. The van der Waals surface area contributed by atoms with Gasteiger partial charge in [0.25, 0.3) is 5.95 Å². The van der Waals surface area contributed by atoms with Crippen LogP contribution in [-0.4, -0.2) is 19.7 Å². The summed E-state index contributed by atoms with van der Waals surface area (Å²) in [6, 6.07) is 11.8. The van der Waals surface area contributed by atoms with Crippen molar-refractivity contribution < 1.29 is 4.74 Å². The quantitative estimate of drug-likeness (QED) is 0.781. The lowest BCUT2D eigenvalue weighted by atomic mass is 10.2. The number of rotatable bonds is 5. The van der Waals surface area contributed by atoms with Crippen LogP contribution >= 0.6 is 0 Å². The summed E-state index contributed by atoms with van der Waals surface area (Å²) in [5.74, 6) is 1.51. The second kappa shape index (κ2) is 6.70. The summed E-state index contributed by atoms with van der Waals surface area (Å²) in [6.45, 7) is 6.35. The molecule has 0 atom stereocenters. The summed E-state index contributed by atoms with van der Waals surface area (Å²) in [6.07, 6.45) is 0.795. The highest BCUT2D eigenvalue weighted by molar-refractivity contribution is 5.40. The first-order valence-electron chi connectivity index (χ1n) is 7.95. The molecule has 2 aromatic heterocycles. The van der Waals surface area contributed by atoms with Crippen molar-refractivity contribution in [2.24, 2.45) is 0 Å². The number of aromatic nitrogens is 4. The van der Waals surface area contributed by atoms with Gasteiger partial charge in [-0.1, -0.05) is 37.3 Å². The summed E-state index contributed by atoms with van der Waals surface area (Å²) in [4.78, 5) is 9.08. The molecule has 1 aromatic carbocycles. The fourth-order valence-corrected chi connectivity index (χ4v) is 2.58. The number of nitrogens with zero attached hydrogens (tertiary/aromatic N) is 4. The van der Waals surface area contributed by atoms with Crippen molar-refractivity contribution in [3.63, 3.8) is 0 Å². The van der Waals surface area contributed by atoms with Crippen LogP contribution in [0.2, 0.25) is 0 Å². The van der Waals surface area contributed by atoms with E-state index in [1.807, 2.05) is 44.2 Å². The Hall–Kier alpha value is -2.89. The van der Waals surface area contributed by atoms with Crippen LogP contribution in [0.5, 0.6) is 5.88 Å². The van der Waals surface area contributed by atoms with Crippen molar-refractivity contribution in [2.45, 2.75) is 33.8 Å². The van der Waals surface area contributed by atoms with Crippen molar-refractivity contribution in [3.05, 3.63) is 58.9 Å². The lowest BCUT2D eigenvalue weighted by Crippen LogP contribution is -2.11. The minimum Gasteiger partial charge on any atom is -0.472 e. The second-order valence-corrected chi connectivity index (χ2v) is 5.64. The van der Waals surface area contributed by atoms with Gasteiger partial charge in [0.1, 0.15) is 12.4 Å². The first-order chi connectivity index (χ1) is 11.6. The van der Waals surface area contributed by atoms with Crippen LogP contribution in [0.4, 0.5) is 5.82 Å². The number of aryl methyl sites for hydroxylation is 2. The van der Waals surface area contributed by atoms with E-state index >= 15 is 0 Å². The van der Waals surface area contributed by atoms with Gasteiger partial charge in [-0.2, -0.15) is 14.8 Å². The van der Waals surface area contributed by atoms with E-state index in [2.05, 4.69) is 22.0 Å². The number of hydrogen-bond donors (Lipinski definition) is 1. The molecule has 0 saturated carbocycles. The molecular formula is C18H21N5O. The standard InChI is InChI=1S/C18H21N5O/c1-4-15-13(3)20-18(23-16(19)10-12(2)22-23)21-17(15)24-11-14-8-6-5-7-9-14/h5-10H,4,11,19H2,1-3H3. The first kappa shape index (κ1) is 16.0. The highest BCUT2D eigenvalue weighted by atomic mass is 16.5. The van der Waals surface area contributed by atoms with Gasteiger partial charge in [0.2, 0.25) is 5.88 Å². The van der Waals surface area contributed by atoms with Crippen LogP contribution in [0, 0.1) is 13.8 Å². The molecule has 6 heteroatoms. The molecule has 3 rings (SSSR count). The van der Waals surface area contributed by atoms with Crippen LogP contribution in [0.25, 0.3) is 5.95 Å². The fraction of sp³-hybridized carbons (Fsp3) is 0.278. The molecular weight excluding hydrogens is 302 g/mol. The Morgan fingerprint density at radius 3 is 2.50 bits per heavy atom. The van der Waals surface area contributed by atoms with Crippen LogP contribution in [0.3, 0.4) is 0 Å². The normalized spacial score (nSPS) is 10.8. The van der Waals surface area contributed by atoms with Gasteiger partial charge in [0.15, 0.2) is 0 Å². The van der Waals surface area contributed by atoms with E-state index in [0.717, 1.165) is 28.9 Å². The van der Waals surface area contributed by atoms with E-state index in [1.165, 1.54) is 4.68 Å². The Morgan fingerprint density at radius 1 is 1.12 bits per heavy atom. The average molecular weight is 323 g/mol. The maximum atomic E-state index is 5.99. The SMILES string of the molecule is CCc1c(C)nc(-n2nc(C)cc2N)nc1OCc1ccccc1. The third-order valence-electron chi connectivity index (χ3n) is 3.78. The summed E-state index contributed by atoms with van der Waals surface area (Å²) in [7, 11) is 0. The second-order valence-electron chi connectivity index (χ2n) is 5.64. The van der Waals surface area contributed by atoms with Crippen molar-refractivity contribution in [2.75, 3.05) is 5.73 Å². The molecule has 0 radical (unpaired) electrons. The fourth-order valence-electron chi connectivity index (χ4n) is 2.58.